The third-order valence-electron chi connectivity index (χ3n) is 4.66. The van der Waals surface area contributed by atoms with Gasteiger partial charge in [-0.2, -0.15) is 0 Å². The van der Waals surface area contributed by atoms with Crippen molar-refractivity contribution in [2.75, 3.05) is 0 Å². The maximum absolute atomic E-state index is 11.9. The summed E-state index contributed by atoms with van der Waals surface area (Å²) in [4.78, 5) is 28.7. The molecule has 2 aromatic carbocycles. The molecule has 2 aromatic heterocycles. The molecule has 0 fully saturated rings. The van der Waals surface area contributed by atoms with Gasteiger partial charge in [-0.25, -0.2) is 9.59 Å². The lowest BCUT2D eigenvalue weighted by atomic mass is 10.1. The highest BCUT2D eigenvalue weighted by Crippen LogP contribution is 2.21. The van der Waals surface area contributed by atoms with Gasteiger partial charge in [-0.15, -0.1) is 0 Å². The average Bonchev–Trinajstić information content (AvgIpc) is 3.23. The first-order chi connectivity index (χ1) is 14.0. The lowest BCUT2D eigenvalue weighted by Gasteiger charge is -2.19. The smallest absolute Gasteiger partial charge is 0.338 e. The number of nitrogens with one attached hydrogen (secondary N) is 2. The Morgan fingerprint density at radius 2 is 1.30 bits per heavy atom. The molecule has 0 unspecified atom stereocenters. The standard InChI is InChI=1S/C14H17NO2.C10H9NO2/c1-9-8-15-12-7-10(5-6-11(9)12)13(16)17-14(2,3)4;1-6-5-11-9-4-7(10(12)13)2-3-8(6)9/h5-8,15H,1-4H3;2-5,11H,1H3,(H,12,13). The van der Waals surface area contributed by atoms with E-state index in [-0.39, 0.29) is 5.97 Å². The number of H-pyrrole nitrogens is 2. The summed E-state index contributed by atoms with van der Waals surface area (Å²) in [7, 11) is 0. The summed E-state index contributed by atoms with van der Waals surface area (Å²) in [5, 5.41) is 10.9. The number of aromatic nitrogens is 2. The second kappa shape index (κ2) is 8.06. The Morgan fingerprint density at radius 1 is 0.833 bits per heavy atom. The number of rotatable bonds is 2. The van der Waals surface area contributed by atoms with Crippen molar-refractivity contribution in [3.63, 3.8) is 0 Å². The van der Waals surface area contributed by atoms with Crippen LogP contribution in [-0.2, 0) is 4.74 Å². The van der Waals surface area contributed by atoms with Crippen molar-refractivity contribution in [2.45, 2.75) is 40.2 Å². The minimum absolute atomic E-state index is 0.286. The molecule has 3 N–H and O–H groups in total. The van der Waals surface area contributed by atoms with Crippen molar-refractivity contribution in [2.24, 2.45) is 0 Å². The van der Waals surface area contributed by atoms with Crippen LogP contribution in [0.25, 0.3) is 21.8 Å². The van der Waals surface area contributed by atoms with E-state index in [0.29, 0.717) is 11.1 Å². The summed E-state index contributed by atoms with van der Waals surface area (Å²) in [6, 6.07) is 10.7. The second-order valence-electron chi connectivity index (χ2n) is 8.27. The van der Waals surface area contributed by atoms with E-state index in [2.05, 4.69) is 9.97 Å². The van der Waals surface area contributed by atoms with Crippen LogP contribution in [0.3, 0.4) is 0 Å². The van der Waals surface area contributed by atoms with E-state index in [1.54, 1.807) is 18.2 Å². The molecule has 4 aromatic rings. The van der Waals surface area contributed by atoms with Crippen LogP contribution in [0.1, 0.15) is 52.6 Å². The third-order valence-corrected chi connectivity index (χ3v) is 4.66. The predicted molar refractivity (Wildman–Crippen MR) is 118 cm³/mol. The van der Waals surface area contributed by atoms with E-state index >= 15 is 0 Å². The molecule has 0 radical (unpaired) electrons. The number of aryl methyl sites for hydroxylation is 2. The number of carbonyl (C=O) groups excluding carboxylic acids is 1. The van der Waals surface area contributed by atoms with E-state index < -0.39 is 11.6 Å². The van der Waals surface area contributed by atoms with Gasteiger partial charge in [0, 0.05) is 34.2 Å². The summed E-state index contributed by atoms with van der Waals surface area (Å²) in [6.07, 6.45) is 3.81. The molecular formula is C24H26N2O4. The molecule has 156 valence electrons. The molecule has 4 rings (SSSR count). The molecule has 0 saturated heterocycles. The zero-order valence-electron chi connectivity index (χ0n) is 17.8. The number of benzene rings is 2. The van der Waals surface area contributed by atoms with Crippen LogP contribution in [-0.4, -0.2) is 32.6 Å². The van der Waals surface area contributed by atoms with E-state index in [1.165, 1.54) is 5.56 Å². The summed E-state index contributed by atoms with van der Waals surface area (Å²) in [6.45, 7) is 9.61. The number of carboxylic acid groups (broad SMARTS) is 1. The molecule has 6 nitrogen and oxygen atoms in total. The minimum atomic E-state index is -0.894. The molecule has 30 heavy (non-hydrogen) atoms. The molecule has 0 amide bonds. The van der Waals surface area contributed by atoms with E-state index in [1.807, 2.05) is 65.2 Å². The fourth-order valence-corrected chi connectivity index (χ4v) is 3.14. The topological polar surface area (TPSA) is 95.2 Å². The van der Waals surface area contributed by atoms with E-state index in [0.717, 1.165) is 27.4 Å². The highest BCUT2D eigenvalue weighted by molar-refractivity contribution is 5.95. The van der Waals surface area contributed by atoms with Crippen molar-refractivity contribution in [3.8, 4) is 0 Å². The summed E-state index contributed by atoms with van der Waals surface area (Å²) in [5.41, 5.74) is 4.58. The van der Waals surface area contributed by atoms with Crippen molar-refractivity contribution in [1.29, 1.82) is 0 Å². The fourth-order valence-electron chi connectivity index (χ4n) is 3.14. The van der Waals surface area contributed by atoms with Crippen LogP contribution in [0.5, 0.6) is 0 Å². The van der Waals surface area contributed by atoms with Gasteiger partial charge in [0.2, 0.25) is 0 Å². The van der Waals surface area contributed by atoms with Gasteiger partial charge >= 0.3 is 11.9 Å². The van der Waals surface area contributed by atoms with Crippen molar-refractivity contribution in [1.82, 2.24) is 9.97 Å². The van der Waals surface area contributed by atoms with Crippen LogP contribution in [0.2, 0.25) is 0 Å². The maximum atomic E-state index is 11.9. The Bertz CT molecular complexity index is 1230. The SMILES string of the molecule is Cc1c[nH]c2cc(C(=O)O)ccc12.Cc1c[nH]c2cc(C(=O)OC(C)(C)C)ccc12. The highest BCUT2D eigenvalue weighted by atomic mass is 16.6. The Labute approximate surface area is 174 Å². The van der Waals surface area contributed by atoms with Gasteiger partial charge in [-0.1, -0.05) is 12.1 Å². The maximum Gasteiger partial charge on any atom is 0.338 e. The number of aromatic amines is 2. The summed E-state index contributed by atoms with van der Waals surface area (Å²) >= 11 is 0. The van der Waals surface area contributed by atoms with Crippen LogP contribution in [0.15, 0.2) is 48.8 Å². The Balaban J connectivity index is 0.000000177. The van der Waals surface area contributed by atoms with Crippen molar-refractivity contribution < 1.29 is 19.4 Å². The molecule has 6 heteroatoms. The van der Waals surface area contributed by atoms with Gasteiger partial charge in [0.25, 0.3) is 0 Å². The Morgan fingerprint density at radius 3 is 1.77 bits per heavy atom. The average molecular weight is 406 g/mol. The first-order valence-electron chi connectivity index (χ1n) is 9.67. The number of hydrogen-bond donors (Lipinski definition) is 3. The van der Waals surface area contributed by atoms with Gasteiger partial charge in [0.15, 0.2) is 0 Å². The van der Waals surface area contributed by atoms with Gasteiger partial charge < -0.3 is 19.8 Å². The van der Waals surface area contributed by atoms with Crippen molar-refractivity contribution >= 4 is 33.7 Å². The molecule has 0 atom stereocenters. The second-order valence-corrected chi connectivity index (χ2v) is 8.27. The molecule has 0 saturated carbocycles. The number of fused-ring (bicyclic) bond motifs is 2. The number of esters is 1. The minimum Gasteiger partial charge on any atom is -0.478 e. The molecule has 0 bridgehead atoms. The van der Waals surface area contributed by atoms with Crippen LogP contribution >= 0.6 is 0 Å². The third kappa shape index (κ3) is 4.71. The first-order valence-corrected chi connectivity index (χ1v) is 9.67. The first kappa shape index (κ1) is 21.2. The normalized spacial score (nSPS) is 11.2. The van der Waals surface area contributed by atoms with Gasteiger partial charge in [-0.05, 0) is 70.0 Å². The molecular weight excluding hydrogens is 380 g/mol. The lowest BCUT2D eigenvalue weighted by molar-refractivity contribution is 0.00694. The highest BCUT2D eigenvalue weighted by Gasteiger charge is 2.18. The number of carboxylic acids is 1. The van der Waals surface area contributed by atoms with Crippen LogP contribution in [0.4, 0.5) is 0 Å². The number of aromatic carboxylic acids is 1. The van der Waals surface area contributed by atoms with Gasteiger partial charge in [-0.3, -0.25) is 0 Å². The molecule has 0 aliphatic heterocycles. The predicted octanol–water partition coefficient (Wildman–Crippen LogP) is 5.61. The van der Waals surface area contributed by atoms with Crippen LogP contribution in [0, 0.1) is 13.8 Å². The monoisotopic (exact) mass is 406 g/mol. The largest absolute Gasteiger partial charge is 0.478 e. The molecule has 2 heterocycles. The quantitative estimate of drug-likeness (QED) is 0.377. The zero-order chi connectivity index (χ0) is 22.1. The Kier molecular flexibility index (Phi) is 5.69. The van der Waals surface area contributed by atoms with E-state index in [4.69, 9.17) is 9.84 Å². The lowest BCUT2D eigenvalue weighted by Crippen LogP contribution is -2.23. The van der Waals surface area contributed by atoms with Crippen molar-refractivity contribution in [3.05, 3.63) is 71.0 Å². The number of hydrogen-bond acceptors (Lipinski definition) is 3. The molecule has 0 aliphatic rings. The molecule has 0 aliphatic carbocycles. The van der Waals surface area contributed by atoms with E-state index in [9.17, 15) is 9.59 Å². The fraction of sp³-hybridized carbons (Fsp3) is 0.250. The summed E-state index contributed by atoms with van der Waals surface area (Å²) < 4.78 is 5.33. The summed E-state index contributed by atoms with van der Waals surface area (Å²) in [5.74, 6) is -1.18. The number of ether oxygens (including phenoxy) is 1. The Hall–Kier alpha value is -3.54. The number of carbonyl (C=O) groups is 2. The zero-order valence-corrected chi connectivity index (χ0v) is 17.8. The van der Waals surface area contributed by atoms with Crippen LogP contribution < -0.4 is 0 Å². The molecule has 0 spiro atoms. The van der Waals surface area contributed by atoms with Gasteiger partial charge in [0.1, 0.15) is 5.60 Å². The van der Waals surface area contributed by atoms with Gasteiger partial charge in [0.05, 0.1) is 11.1 Å².